The summed E-state index contributed by atoms with van der Waals surface area (Å²) in [5.74, 6) is -0.909. The Labute approximate surface area is 198 Å². The van der Waals surface area contributed by atoms with Crippen LogP contribution >= 0.6 is 0 Å². The summed E-state index contributed by atoms with van der Waals surface area (Å²) >= 11 is 0. The Morgan fingerprint density at radius 1 is 0.824 bits per heavy atom. The second kappa shape index (κ2) is 24.1. The molecule has 0 spiro atoms. The van der Waals surface area contributed by atoms with Gasteiger partial charge in [0.1, 0.15) is 0 Å². The topological polar surface area (TPSA) is 40.1 Å². The van der Waals surface area contributed by atoms with E-state index in [4.69, 9.17) is 0 Å². The number of carbonyl (C=O) groups is 1. The second-order valence-electron chi connectivity index (χ2n) is 3.95. The number of carboxylic acids is 1. The van der Waals surface area contributed by atoms with E-state index < -0.39 is 5.97 Å². The third-order valence-corrected chi connectivity index (χ3v) is 2.48. The van der Waals surface area contributed by atoms with Gasteiger partial charge in [0, 0.05) is 5.97 Å². The maximum absolute atomic E-state index is 10.1. The molecule has 0 saturated heterocycles. The van der Waals surface area contributed by atoms with Crippen molar-refractivity contribution in [3.05, 3.63) is 0 Å². The molecule has 0 aromatic carbocycles. The van der Waals surface area contributed by atoms with Crippen molar-refractivity contribution in [2.45, 2.75) is 71.1 Å². The van der Waals surface area contributed by atoms with Crippen LogP contribution in [-0.4, -0.2) is 5.97 Å². The zero-order valence-corrected chi connectivity index (χ0v) is 18.8. The van der Waals surface area contributed by atoms with E-state index in [1.807, 2.05) is 0 Å². The van der Waals surface area contributed by atoms with E-state index >= 15 is 0 Å². The molecule has 0 atom stereocenters. The van der Waals surface area contributed by atoms with Gasteiger partial charge in [0.05, 0.1) is 0 Å². The number of carbonyl (C=O) groups excluding carboxylic acids is 1. The Morgan fingerprint density at radius 3 is 1.53 bits per heavy atom. The van der Waals surface area contributed by atoms with Crippen LogP contribution in [0.2, 0.25) is 0 Å². The van der Waals surface area contributed by atoms with Crippen molar-refractivity contribution in [2.75, 3.05) is 0 Å². The van der Waals surface area contributed by atoms with E-state index in [2.05, 4.69) is 6.92 Å². The molecule has 0 fully saturated rings. The normalized spacial score (nSPS) is 8.53. The quantitative estimate of drug-likeness (QED) is 0.297. The molecule has 0 aliphatic heterocycles. The van der Waals surface area contributed by atoms with Crippen LogP contribution in [0.1, 0.15) is 71.1 Å². The maximum Gasteiger partial charge on any atom is 1.00 e. The Morgan fingerprint density at radius 2 is 1.18 bits per heavy atom. The number of carboxylic acid groups (broad SMARTS) is 1. The number of rotatable bonds is 10. The zero-order valence-electron chi connectivity index (χ0n) is 11.8. The first-order valence-electron chi connectivity index (χ1n) is 5.97. The molecule has 0 aliphatic carbocycles. The Balaban J connectivity index is -0.000000282. The average molecular weight is 313 g/mol. The molecule has 0 N–H and O–H groups in total. The van der Waals surface area contributed by atoms with Crippen molar-refractivity contribution in [1.29, 1.82) is 0 Å². The van der Waals surface area contributed by atoms with Crippen LogP contribution in [0.3, 0.4) is 0 Å². The first kappa shape index (κ1) is 28.2. The van der Waals surface area contributed by atoms with E-state index in [1.54, 1.807) is 0 Å². The molecule has 0 saturated carbocycles. The van der Waals surface area contributed by atoms with Crippen LogP contribution in [0.15, 0.2) is 0 Å². The van der Waals surface area contributed by atoms with Gasteiger partial charge >= 0.3 is 103 Å². The predicted octanol–water partition coefficient (Wildman–Crippen LogP) is -6.33. The molecule has 17 heavy (non-hydrogen) atoms. The molecule has 0 radical (unpaired) electrons. The van der Waals surface area contributed by atoms with Crippen molar-refractivity contribution in [2.24, 2.45) is 0 Å². The SMILES string of the molecule is CCCCCCCCCCCC(=O)[O-].[Cl-].[K+].[K+]. The van der Waals surface area contributed by atoms with Crippen molar-refractivity contribution >= 4 is 5.97 Å². The molecule has 0 amide bonds. The number of halogens is 1. The fourth-order valence-electron chi connectivity index (χ4n) is 1.58. The molecule has 5 heteroatoms. The van der Waals surface area contributed by atoms with Crippen molar-refractivity contribution in [1.82, 2.24) is 0 Å². The van der Waals surface area contributed by atoms with Crippen LogP contribution in [0.5, 0.6) is 0 Å². The molecule has 0 aromatic heterocycles. The molecule has 0 heterocycles. The average Bonchev–Trinajstić information content (AvgIpc) is 2.15. The first-order chi connectivity index (χ1) is 6.77. The van der Waals surface area contributed by atoms with E-state index in [-0.39, 0.29) is 122 Å². The van der Waals surface area contributed by atoms with Gasteiger partial charge in [-0.2, -0.15) is 0 Å². The molecule has 0 aromatic rings. The third kappa shape index (κ3) is 28.0. The van der Waals surface area contributed by atoms with E-state index in [1.165, 1.54) is 44.9 Å². The van der Waals surface area contributed by atoms with Gasteiger partial charge in [0.15, 0.2) is 0 Å². The van der Waals surface area contributed by atoms with E-state index in [9.17, 15) is 9.90 Å². The maximum atomic E-state index is 10.1. The largest absolute Gasteiger partial charge is 1.00 e. The first-order valence-corrected chi connectivity index (χ1v) is 5.97. The fraction of sp³-hybridized carbons (Fsp3) is 0.917. The van der Waals surface area contributed by atoms with Gasteiger partial charge in [-0.25, -0.2) is 0 Å². The minimum absolute atomic E-state index is 0. The van der Waals surface area contributed by atoms with Crippen molar-refractivity contribution in [3.63, 3.8) is 0 Å². The summed E-state index contributed by atoms with van der Waals surface area (Å²) in [5, 5.41) is 10.1. The number of hydrogen-bond donors (Lipinski definition) is 0. The summed E-state index contributed by atoms with van der Waals surface area (Å²) < 4.78 is 0. The number of unbranched alkanes of at least 4 members (excludes halogenated alkanes) is 8. The van der Waals surface area contributed by atoms with Gasteiger partial charge < -0.3 is 22.3 Å². The van der Waals surface area contributed by atoms with E-state index in [0.717, 1.165) is 12.8 Å². The van der Waals surface area contributed by atoms with Gasteiger partial charge in [-0.3, -0.25) is 0 Å². The van der Waals surface area contributed by atoms with Crippen LogP contribution < -0.4 is 120 Å². The summed E-state index contributed by atoms with van der Waals surface area (Å²) in [6, 6.07) is 0. The monoisotopic (exact) mass is 312 g/mol. The van der Waals surface area contributed by atoms with E-state index in [0.29, 0.717) is 0 Å². The molecule has 0 bridgehead atoms. The summed E-state index contributed by atoms with van der Waals surface area (Å²) in [5.41, 5.74) is 0. The zero-order chi connectivity index (χ0) is 10.6. The summed E-state index contributed by atoms with van der Waals surface area (Å²) in [6.45, 7) is 2.22. The predicted molar refractivity (Wildman–Crippen MR) is 56.9 cm³/mol. The van der Waals surface area contributed by atoms with Crippen LogP contribution in [0, 0.1) is 0 Å². The van der Waals surface area contributed by atoms with Gasteiger partial charge in [-0.1, -0.05) is 58.3 Å². The third-order valence-electron chi connectivity index (χ3n) is 2.48. The Kier molecular flexibility index (Phi) is 40.0. The molecule has 0 aliphatic rings. The molecular formula is C12H23ClK2O2. The van der Waals surface area contributed by atoms with Crippen LogP contribution in [0.25, 0.3) is 0 Å². The van der Waals surface area contributed by atoms with Crippen molar-refractivity contribution in [3.8, 4) is 0 Å². The number of aliphatic carboxylic acids is 1. The minimum Gasteiger partial charge on any atom is -1.00 e. The molecule has 92 valence electrons. The van der Waals surface area contributed by atoms with Crippen LogP contribution in [-0.2, 0) is 4.79 Å². The smallest absolute Gasteiger partial charge is 1.00 e. The van der Waals surface area contributed by atoms with Gasteiger partial charge in [-0.05, 0) is 12.8 Å². The van der Waals surface area contributed by atoms with Gasteiger partial charge in [0.2, 0.25) is 0 Å². The standard InChI is InChI=1S/C12H24O2.ClH.2K/c1-2-3-4-5-6-7-8-9-10-11-12(13)14;;;/h2-11H2,1H3,(H,13,14);1H;;/q;;2*+1/p-2. The Bertz CT molecular complexity index is 146. The summed E-state index contributed by atoms with van der Waals surface area (Å²) in [7, 11) is 0. The molecule has 2 nitrogen and oxygen atoms in total. The van der Waals surface area contributed by atoms with Gasteiger partial charge in [0.25, 0.3) is 0 Å². The minimum atomic E-state index is -0.909. The van der Waals surface area contributed by atoms with Crippen LogP contribution in [0.4, 0.5) is 0 Å². The summed E-state index contributed by atoms with van der Waals surface area (Å²) in [6.07, 6.45) is 11.2. The Hall–Kier alpha value is 3.03. The molecule has 0 rings (SSSR count). The molecular weight excluding hydrogens is 290 g/mol. The number of hydrogen-bond acceptors (Lipinski definition) is 2. The summed E-state index contributed by atoms with van der Waals surface area (Å²) in [4.78, 5) is 10.1. The molecule has 0 unspecified atom stereocenters. The second-order valence-corrected chi connectivity index (χ2v) is 3.95. The van der Waals surface area contributed by atoms with Crippen molar-refractivity contribution < 1.29 is 125 Å². The fourth-order valence-corrected chi connectivity index (χ4v) is 1.58. The van der Waals surface area contributed by atoms with Gasteiger partial charge in [-0.15, -0.1) is 0 Å².